The molecule has 0 saturated carbocycles. The third kappa shape index (κ3) is 3.43. The number of aryl methyl sites for hydroxylation is 1. The van der Waals surface area contributed by atoms with Crippen molar-refractivity contribution >= 4 is 17.2 Å². The highest BCUT2D eigenvalue weighted by atomic mass is 16.5. The second-order valence-electron chi connectivity index (χ2n) is 7.36. The number of hydrogen-bond acceptors (Lipinski definition) is 3. The Morgan fingerprint density at radius 3 is 2.56 bits per heavy atom. The van der Waals surface area contributed by atoms with Crippen molar-refractivity contribution in [2.75, 3.05) is 33.3 Å². The summed E-state index contributed by atoms with van der Waals surface area (Å²) >= 11 is 0. The molecule has 1 saturated heterocycles. The largest absolute Gasteiger partial charge is 0.497 e. The lowest BCUT2D eigenvalue weighted by molar-refractivity contribution is -0.129. The summed E-state index contributed by atoms with van der Waals surface area (Å²) in [5, 5.41) is 3.40. The lowest BCUT2D eigenvalue weighted by atomic mass is 9.88. The molecular weight excluding hydrogens is 336 g/mol. The summed E-state index contributed by atoms with van der Waals surface area (Å²) in [7, 11) is 1.67. The van der Waals surface area contributed by atoms with Gasteiger partial charge in [-0.2, -0.15) is 0 Å². The van der Waals surface area contributed by atoms with E-state index in [-0.39, 0.29) is 5.91 Å². The fraction of sp³-hybridized carbons (Fsp3) is 0.348. The molecule has 0 unspecified atom stereocenters. The van der Waals surface area contributed by atoms with Crippen LogP contribution in [0.25, 0.3) is 5.57 Å². The molecule has 0 spiro atoms. The first kappa shape index (κ1) is 18.0. The Kier molecular flexibility index (Phi) is 5.10. The van der Waals surface area contributed by atoms with E-state index < -0.39 is 0 Å². The minimum Gasteiger partial charge on any atom is -0.497 e. The van der Waals surface area contributed by atoms with E-state index in [1.165, 1.54) is 16.7 Å². The summed E-state index contributed by atoms with van der Waals surface area (Å²) in [5.74, 6) is 1.10. The number of ether oxygens (including phenoxy) is 1. The number of nitrogens with zero attached hydrogens (tertiary/aromatic N) is 1. The van der Waals surface area contributed by atoms with Crippen molar-refractivity contribution < 1.29 is 9.53 Å². The molecular formula is C23H27N2O2+. The van der Waals surface area contributed by atoms with Crippen LogP contribution in [-0.2, 0) is 11.2 Å². The van der Waals surface area contributed by atoms with E-state index in [2.05, 4.69) is 35.7 Å². The number of carbonyl (C=O) groups excluding carboxylic acids is 1. The second-order valence-corrected chi connectivity index (χ2v) is 7.36. The van der Waals surface area contributed by atoms with Crippen LogP contribution in [-0.4, -0.2) is 39.2 Å². The molecule has 2 aliphatic rings. The van der Waals surface area contributed by atoms with Crippen molar-refractivity contribution in [2.24, 2.45) is 0 Å². The van der Waals surface area contributed by atoms with Crippen LogP contribution >= 0.6 is 0 Å². The van der Waals surface area contributed by atoms with Crippen LogP contribution in [0.1, 0.15) is 24.0 Å². The number of carbonyl (C=O) groups is 1. The standard InChI is InChI=1S/C23H27N2O2/c1-27-21-11-9-20(10-12-21)25(15-13-24-14-16-25)23(26)17-19-7-4-6-18-5-2-3-8-22(18)19/h2-3,5,7-12,24H,4,6,13-17H2,1H3/q+1. The van der Waals surface area contributed by atoms with Gasteiger partial charge in [0.2, 0.25) is 0 Å². The minimum atomic E-state index is 0.282. The number of methoxy groups -OCH3 is 1. The van der Waals surface area contributed by atoms with E-state index in [1.807, 2.05) is 24.3 Å². The molecule has 1 aliphatic heterocycles. The number of piperazine rings is 1. The summed E-state index contributed by atoms with van der Waals surface area (Å²) < 4.78 is 5.71. The highest BCUT2D eigenvalue weighted by Crippen LogP contribution is 2.33. The van der Waals surface area contributed by atoms with E-state index in [9.17, 15) is 4.79 Å². The fourth-order valence-corrected chi connectivity index (χ4v) is 4.34. The molecule has 1 fully saturated rings. The van der Waals surface area contributed by atoms with Gasteiger partial charge in [0.25, 0.3) is 0 Å². The molecule has 0 atom stereocenters. The minimum absolute atomic E-state index is 0.282. The molecule has 0 radical (unpaired) electrons. The molecule has 2 aromatic carbocycles. The SMILES string of the molecule is COc1ccc([N+]2(C(=O)CC3=CCCc4ccccc43)CCNCC2)cc1. The van der Waals surface area contributed by atoms with E-state index in [0.29, 0.717) is 10.9 Å². The Hall–Kier alpha value is -2.43. The van der Waals surface area contributed by atoms with Crippen LogP contribution in [0.15, 0.2) is 54.6 Å². The summed E-state index contributed by atoms with van der Waals surface area (Å²) in [6.45, 7) is 3.29. The number of allylic oxidation sites excluding steroid dienone is 1. The first-order valence-corrected chi connectivity index (χ1v) is 9.76. The topological polar surface area (TPSA) is 38.3 Å². The highest BCUT2D eigenvalue weighted by molar-refractivity contribution is 5.97. The van der Waals surface area contributed by atoms with Crippen LogP contribution in [0, 0.1) is 0 Å². The molecule has 4 nitrogen and oxygen atoms in total. The number of hydrogen-bond donors (Lipinski definition) is 1. The molecule has 1 aliphatic carbocycles. The van der Waals surface area contributed by atoms with Gasteiger partial charge in [-0.1, -0.05) is 30.3 Å². The van der Waals surface area contributed by atoms with Gasteiger partial charge in [0.15, 0.2) is 0 Å². The van der Waals surface area contributed by atoms with Crippen molar-refractivity contribution in [1.82, 2.24) is 9.80 Å². The number of quaternary nitrogens is 1. The zero-order valence-corrected chi connectivity index (χ0v) is 15.9. The van der Waals surface area contributed by atoms with Gasteiger partial charge in [0, 0.05) is 25.2 Å². The molecule has 27 heavy (non-hydrogen) atoms. The molecule has 140 valence electrons. The third-order valence-corrected chi connectivity index (χ3v) is 5.89. The van der Waals surface area contributed by atoms with E-state index in [4.69, 9.17) is 4.74 Å². The molecule has 1 heterocycles. The molecule has 4 rings (SSSR count). The molecule has 4 heteroatoms. The number of fused-ring (bicyclic) bond motifs is 1. The smallest absolute Gasteiger partial charge is 0.323 e. The second kappa shape index (κ2) is 7.67. The Morgan fingerprint density at radius 1 is 1.07 bits per heavy atom. The average molecular weight is 363 g/mol. The van der Waals surface area contributed by atoms with E-state index >= 15 is 0 Å². The zero-order chi connectivity index (χ0) is 18.7. The monoisotopic (exact) mass is 363 g/mol. The molecule has 1 N–H and O–H groups in total. The maximum absolute atomic E-state index is 13.6. The average Bonchev–Trinajstić information content (AvgIpc) is 2.74. The normalized spacial score (nSPS) is 18.3. The van der Waals surface area contributed by atoms with Gasteiger partial charge in [-0.25, -0.2) is 9.28 Å². The first-order chi connectivity index (χ1) is 13.2. The van der Waals surface area contributed by atoms with Crippen LogP contribution in [0.5, 0.6) is 5.75 Å². The maximum atomic E-state index is 13.6. The Balaban J connectivity index is 1.64. The van der Waals surface area contributed by atoms with Crippen LogP contribution in [0.4, 0.5) is 5.69 Å². The lowest BCUT2D eigenvalue weighted by Crippen LogP contribution is -2.63. The molecule has 0 bridgehead atoms. The Bertz CT molecular complexity index is 849. The van der Waals surface area contributed by atoms with Gasteiger partial charge < -0.3 is 10.1 Å². The summed E-state index contributed by atoms with van der Waals surface area (Å²) in [6, 6.07) is 16.5. The van der Waals surface area contributed by atoms with E-state index in [1.54, 1.807) is 7.11 Å². The van der Waals surface area contributed by atoms with Crippen molar-refractivity contribution in [3.05, 3.63) is 65.7 Å². The van der Waals surface area contributed by atoms with Gasteiger partial charge in [0.05, 0.1) is 13.5 Å². The Morgan fingerprint density at radius 2 is 1.81 bits per heavy atom. The number of rotatable bonds is 4. The van der Waals surface area contributed by atoms with Gasteiger partial charge in [0.1, 0.15) is 24.5 Å². The van der Waals surface area contributed by atoms with Crippen LogP contribution < -0.4 is 14.5 Å². The maximum Gasteiger partial charge on any atom is 0.323 e. The number of nitrogens with one attached hydrogen (secondary N) is 1. The molecule has 0 aromatic heterocycles. The van der Waals surface area contributed by atoms with Crippen LogP contribution in [0.2, 0.25) is 0 Å². The summed E-state index contributed by atoms with van der Waals surface area (Å²) in [5.41, 5.74) is 4.86. The van der Waals surface area contributed by atoms with Gasteiger partial charge in [-0.05, 0) is 41.7 Å². The Labute approximate surface area is 161 Å². The predicted molar refractivity (Wildman–Crippen MR) is 110 cm³/mol. The highest BCUT2D eigenvalue weighted by Gasteiger charge is 2.40. The van der Waals surface area contributed by atoms with Gasteiger partial charge in [-0.3, -0.25) is 0 Å². The van der Waals surface area contributed by atoms with E-state index in [0.717, 1.165) is 50.5 Å². The fourth-order valence-electron chi connectivity index (χ4n) is 4.34. The van der Waals surface area contributed by atoms with Crippen molar-refractivity contribution in [2.45, 2.75) is 19.3 Å². The zero-order valence-electron chi connectivity index (χ0n) is 15.9. The van der Waals surface area contributed by atoms with Crippen molar-refractivity contribution in [1.29, 1.82) is 0 Å². The third-order valence-electron chi connectivity index (χ3n) is 5.89. The number of benzene rings is 2. The van der Waals surface area contributed by atoms with Gasteiger partial charge in [-0.15, -0.1) is 0 Å². The summed E-state index contributed by atoms with van der Waals surface area (Å²) in [6.07, 6.45) is 4.83. The van der Waals surface area contributed by atoms with Crippen molar-refractivity contribution in [3.63, 3.8) is 0 Å². The predicted octanol–water partition coefficient (Wildman–Crippen LogP) is 3.55. The van der Waals surface area contributed by atoms with Gasteiger partial charge >= 0.3 is 5.91 Å². The molecule has 2 aromatic rings. The summed E-state index contributed by atoms with van der Waals surface area (Å²) in [4.78, 5) is 13.6. The lowest BCUT2D eigenvalue weighted by Gasteiger charge is -2.39. The molecule has 1 amide bonds. The first-order valence-electron chi connectivity index (χ1n) is 9.76. The quantitative estimate of drug-likeness (QED) is 0.845. The van der Waals surface area contributed by atoms with Crippen LogP contribution in [0.3, 0.4) is 0 Å². The van der Waals surface area contributed by atoms with Crippen molar-refractivity contribution in [3.8, 4) is 5.75 Å². The number of amides is 1.